The average Bonchev–Trinajstić information content (AvgIpc) is 2.23. The van der Waals surface area contributed by atoms with E-state index >= 15 is 0 Å². The van der Waals surface area contributed by atoms with Gasteiger partial charge in [0.15, 0.2) is 0 Å². The molecule has 0 aromatic heterocycles. The molecule has 0 heterocycles. The Labute approximate surface area is 112 Å². The molecule has 0 aliphatic heterocycles. The molecule has 0 unspecified atom stereocenters. The van der Waals surface area contributed by atoms with E-state index in [2.05, 4.69) is 16.6 Å². The summed E-state index contributed by atoms with van der Waals surface area (Å²) >= 11 is 0. The van der Waals surface area contributed by atoms with Crippen LogP contribution in [0, 0.1) is 0 Å². The van der Waals surface area contributed by atoms with E-state index in [-0.39, 0.29) is 0 Å². The number of nitrogens with one attached hydrogen (secondary N) is 1. The number of rotatable bonds is 6. The summed E-state index contributed by atoms with van der Waals surface area (Å²) in [7, 11) is 0. The van der Waals surface area contributed by atoms with Crippen LogP contribution in [0.5, 0.6) is 0 Å². The van der Waals surface area contributed by atoms with Gasteiger partial charge in [-0.1, -0.05) is 6.08 Å². The predicted octanol–water partition coefficient (Wildman–Crippen LogP) is 0.610. The van der Waals surface area contributed by atoms with Crippen molar-refractivity contribution in [3.8, 4) is 0 Å². The number of carboxylic acid groups (broad SMARTS) is 1. The van der Waals surface area contributed by atoms with Crippen LogP contribution in [0.1, 0.15) is 20.8 Å². The van der Waals surface area contributed by atoms with Crippen molar-refractivity contribution in [3.05, 3.63) is 12.7 Å². The normalized spacial score (nSPS) is 10.7. The van der Waals surface area contributed by atoms with Crippen molar-refractivity contribution >= 4 is 17.9 Å². The minimum Gasteiger partial charge on any atom is -0.480 e. The van der Waals surface area contributed by atoms with Crippen LogP contribution in [0.3, 0.4) is 0 Å². The zero-order chi connectivity index (χ0) is 15.1. The molecule has 108 valence electrons. The molecule has 0 aromatic carbocycles. The second-order valence-electron chi connectivity index (χ2n) is 4.81. The minimum atomic E-state index is -1.18. The van der Waals surface area contributed by atoms with Crippen LogP contribution in [0.2, 0.25) is 0 Å². The first-order valence-corrected chi connectivity index (χ1v) is 5.70. The highest BCUT2D eigenvalue weighted by Gasteiger charge is 2.26. The van der Waals surface area contributed by atoms with E-state index < -0.39 is 36.7 Å². The van der Waals surface area contributed by atoms with E-state index in [0.29, 0.717) is 6.54 Å². The highest BCUT2D eigenvalue weighted by Crippen LogP contribution is 2.12. The van der Waals surface area contributed by atoms with Gasteiger partial charge in [0.1, 0.15) is 13.2 Å². The lowest BCUT2D eigenvalue weighted by Gasteiger charge is -2.34. The second kappa shape index (κ2) is 7.52. The van der Waals surface area contributed by atoms with E-state index in [4.69, 9.17) is 5.11 Å². The third-order valence-corrected chi connectivity index (χ3v) is 2.07. The van der Waals surface area contributed by atoms with Gasteiger partial charge in [0.05, 0.1) is 0 Å². The molecule has 0 rings (SSSR count). The van der Waals surface area contributed by atoms with Crippen LogP contribution in [-0.2, 0) is 14.3 Å². The molecule has 7 heteroatoms. The van der Waals surface area contributed by atoms with Gasteiger partial charge in [-0.3, -0.25) is 10.1 Å². The molecule has 0 bridgehead atoms. The summed E-state index contributed by atoms with van der Waals surface area (Å²) in [6.07, 6.45) is 1.55. The first-order valence-electron chi connectivity index (χ1n) is 5.70. The number of aliphatic carboxylic acids is 1. The SMILES string of the molecule is C=CCN(C(=O)NC(=O)COCC(=O)O)C(C)(C)C. The lowest BCUT2D eigenvalue weighted by Crippen LogP contribution is -2.52. The molecular formula is C12H20N2O5. The van der Waals surface area contributed by atoms with Gasteiger partial charge in [0.2, 0.25) is 0 Å². The lowest BCUT2D eigenvalue weighted by atomic mass is 10.1. The molecule has 3 amide bonds. The Balaban J connectivity index is 4.36. The third kappa shape index (κ3) is 7.20. The van der Waals surface area contributed by atoms with E-state index in [9.17, 15) is 14.4 Å². The van der Waals surface area contributed by atoms with Gasteiger partial charge < -0.3 is 14.7 Å². The number of imide groups is 1. The van der Waals surface area contributed by atoms with E-state index in [0.717, 1.165) is 0 Å². The molecule has 0 spiro atoms. The van der Waals surface area contributed by atoms with Crippen molar-refractivity contribution in [1.82, 2.24) is 10.2 Å². The van der Waals surface area contributed by atoms with Crippen molar-refractivity contribution < 1.29 is 24.2 Å². The fraction of sp³-hybridized carbons (Fsp3) is 0.583. The van der Waals surface area contributed by atoms with Gasteiger partial charge >= 0.3 is 12.0 Å². The second-order valence-corrected chi connectivity index (χ2v) is 4.81. The number of amides is 3. The molecule has 0 saturated carbocycles. The number of nitrogens with zero attached hydrogens (tertiary/aromatic N) is 1. The van der Waals surface area contributed by atoms with Crippen molar-refractivity contribution in [1.29, 1.82) is 0 Å². The molecule has 0 radical (unpaired) electrons. The topological polar surface area (TPSA) is 95.9 Å². The molecule has 0 aromatic rings. The minimum absolute atomic E-state index is 0.290. The quantitative estimate of drug-likeness (QED) is 0.691. The first-order chi connectivity index (χ1) is 8.68. The summed E-state index contributed by atoms with van der Waals surface area (Å²) in [5, 5.41) is 10.5. The summed E-state index contributed by atoms with van der Waals surface area (Å²) in [5.74, 6) is -1.87. The number of urea groups is 1. The molecule has 19 heavy (non-hydrogen) atoms. The summed E-state index contributed by atoms with van der Waals surface area (Å²) in [6.45, 7) is 8.23. The summed E-state index contributed by atoms with van der Waals surface area (Å²) < 4.78 is 4.58. The highest BCUT2D eigenvalue weighted by molar-refractivity contribution is 5.95. The Bertz CT molecular complexity index is 360. The number of ether oxygens (including phenoxy) is 1. The van der Waals surface area contributed by atoms with Crippen molar-refractivity contribution in [3.63, 3.8) is 0 Å². The van der Waals surface area contributed by atoms with Gasteiger partial charge in [-0.2, -0.15) is 0 Å². The van der Waals surface area contributed by atoms with Crippen LogP contribution in [0.4, 0.5) is 4.79 Å². The maximum atomic E-state index is 11.9. The lowest BCUT2D eigenvalue weighted by molar-refractivity contribution is -0.143. The molecule has 0 saturated heterocycles. The standard InChI is InChI=1S/C12H20N2O5/c1-5-6-14(12(2,3)4)11(18)13-9(15)7-19-8-10(16)17/h5H,1,6-8H2,2-4H3,(H,16,17)(H,13,15,18). The average molecular weight is 272 g/mol. The van der Waals surface area contributed by atoms with Crippen LogP contribution < -0.4 is 5.32 Å². The number of hydrogen-bond donors (Lipinski definition) is 2. The molecule has 7 nitrogen and oxygen atoms in total. The molecule has 0 aliphatic rings. The maximum absolute atomic E-state index is 11.9. The van der Waals surface area contributed by atoms with E-state index in [1.165, 1.54) is 4.90 Å². The first kappa shape index (κ1) is 17.1. The molecular weight excluding hydrogens is 252 g/mol. The van der Waals surface area contributed by atoms with Gasteiger partial charge in [-0.05, 0) is 20.8 Å². The van der Waals surface area contributed by atoms with Crippen LogP contribution in [-0.4, -0.2) is 53.2 Å². The van der Waals surface area contributed by atoms with Crippen LogP contribution in [0.25, 0.3) is 0 Å². The zero-order valence-corrected chi connectivity index (χ0v) is 11.4. The third-order valence-electron chi connectivity index (χ3n) is 2.07. The summed E-state index contributed by atoms with van der Waals surface area (Å²) in [5.41, 5.74) is -0.472. The Morgan fingerprint density at radius 1 is 1.32 bits per heavy atom. The molecule has 0 atom stereocenters. The fourth-order valence-electron chi connectivity index (χ4n) is 1.24. The Hall–Kier alpha value is -1.89. The van der Waals surface area contributed by atoms with Gasteiger partial charge in [-0.15, -0.1) is 6.58 Å². The number of hydrogen-bond acceptors (Lipinski definition) is 4. The number of carbonyl (C=O) groups is 3. The van der Waals surface area contributed by atoms with Crippen molar-refractivity contribution in [2.45, 2.75) is 26.3 Å². The Kier molecular flexibility index (Phi) is 6.78. The van der Waals surface area contributed by atoms with Crippen LogP contribution in [0.15, 0.2) is 12.7 Å². The zero-order valence-electron chi connectivity index (χ0n) is 11.4. The smallest absolute Gasteiger partial charge is 0.329 e. The maximum Gasteiger partial charge on any atom is 0.329 e. The fourth-order valence-corrected chi connectivity index (χ4v) is 1.24. The van der Waals surface area contributed by atoms with Gasteiger partial charge in [0.25, 0.3) is 5.91 Å². The largest absolute Gasteiger partial charge is 0.480 e. The monoisotopic (exact) mass is 272 g/mol. The number of carboxylic acids is 1. The molecule has 2 N–H and O–H groups in total. The Morgan fingerprint density at radius 2 is 1.89 bits per heavy atom. The summed E-state index contributed by atoms with van der Waals surface area (Å²) in [4.78, 5) is 34.8. The molecule has 0 aliphatic carbocycles. The molecule has 0 fully saturated rings. The van der Waals surface area contributed by atoms with Gasteiger partial charge in [-0.25, -0.2) is 9.59 Å². The van der Waals surface area contributed by atoms with Crippen molar-refractivity contribution in [2.75, 3.05) is 19.8 Å². The van der Waals surface area contributed by atoms with E-state index in [1.807, 2.05) is 20.8 Å². The highest BCUT2D eigenvalue weighted by atomic mass is 16.5. The van der Waals surface area contributed by atoms with Crippen LogP contribution >= 0.6 is 0 Å². The number of carbonyl (C=O) groups excluding carboxylic acids is 2. The van der Waals surface area contributed by atoms with Gasteiger partial charge in [0, 0.05) is 12.1 Å². The summed E-state index contributed by atoms with van der Waals surface area (Å²) in [6, 6.07) is -0.573. The van der Waals surface area contributed by atoms with E-state index in [1.54, 1.807) is 6.08 Å². The van der Waals surface area contributed by atoms with Crippen molar-refractivity contribution in [2.24, 2.45) is 0 Å². The Morgan fingerprint density at radius 3 is 2.32 bits per heavy atom. The predicted molar refractivity (Wildman–Crippen MR) is 68.6 cm³/mol.